The second-order valence-electron chi connectivity index (χ2n) is 26.7. The van der Waals surface area contributed by atoms with Crippen LogP contribution < -0.4 is 21.3 Å². The van der Waals surface area contributed by atoms with E-state index in [2.05, 4.69) is 52.2 Å². The lowest BCUT2D eigenvalue weighted by Crippen LogP contribution is -2.66. The Balaban J connectivity index is 0.615. The van der Waals surface area contributed by atoms with Crippen molar-refractivity contribution < 1.29 is 144 Å². The number of hydrogen-bond acceptors (Lipinski definition) is 37. The first-order valence-electron chi connectivity index (χ1n) is 36.1. The van der Waals surface area contributed by atoms with Gasteiger partial charge in [-0.3, -0.25) is 14.4 Å². The highest BCUT2D eigenvalue weighted by atomic mass is 16.8. The normalized spacial score (nSPS) is 27.9. The van der Waals surface area contributed by atoms with Crippen LogP contribution in [0.1, 0.15) is 37.9 Å². The predicted molar refractivity (Wildman–Crippen MR) is 360 cm³/mol. The van der Waals surface area contributed by atoms with Gasteiger partial charge in [-0.1, -0.05) is 15.6 Å². The Labute approximate surface area is 623 Å². The molecule has 6 aliphatic rings. The minimum absolute atomic E-state index is 0.00118. The number of aromatic nitrogens is 9. The summed E-state index contributed by atoms with van der Waals surface area (Å²) in [6.07, 6.45) is -5.18. The van der Waals surface area contributed by atoms with Crippen molar-refractivity contribution in [3.63, 3.8) is 0 Å². The van der Waals surface area contributed by atoms with Gasteiger partial charge in [0.2, 0.25) is 17.7 Å². The largest absolute Gasteiger partial charge is 0.388 e. The van der Waals surface area contributed by atoms with E-state index in [0.29, 0.717) is 136 Å². The number of amides is 3. The van der Waals surface area contributed by atoms with Gasteiger partial charge in [0.05, 0.1) is 262 Å². The SMILES string of the molecule is CNC(COCc1cn(CCOCCOCCOCCOC[C@@]23CO[C@H](O2)[C@H](NC(C)=O)[C@@H](O)[C@H]3O)nn1)(COCc1cn(CCOCCOCCOCCOC[C@@]23CO[C@@H](O2)[C@H](NC(C)=O)[C@@H](O)[C@H]3O)nn1)COCc1cn(CCOCCOCCOCCOC[C@@]23CO[C@@H](O2)[C@H](NC(C)=O)[C@@H](O)[C@H]3O)nn1. The Morgan fingerprint density at radius 1 is 0.398 bits per heavy atom. The summed E-state index contributed by atoms with van der Waals surface area (Å²) in [5.74, 6) is -1.14. The number of ether oxygens (including phenoxy) is 21. The number of carbonyl (C=O) groups excluding carboxylic acids is 3. The van der Waals surface area contributed by atoms with Crippen LogP contribution in [0.2, 0.25) is 0 Å². The zero-order valence-corrected chi connectivity index (χ0v) is 61.6. The van der Waals surface area contributed by atoms with E-state index < -0.39 is 96.0 Å². The average Bonchev–Trinajstić information content (AvgIpc) is 1.60. The van der Waals surface area contributed by atoms with E-state index in [-0.39, 0.29) is 137 Å². The Morgan fingerprint density at radius 3 is 0.880 bits per heavy atom. The van der Waals surface area contributed by atoms with Crippen molar-refractivity contribution in [3.05, 3.63) is 35.7 Å². The molecule has 0 spiro atoms. The van der Waals surface area contributed by atoms with Crippen LogP contribution in [0.25, 0.3) is 0 Å². The van der Waals surface area contributed by atoms with Gasteiger partial charge in [-0.2, -0.15) is 0 Å². The Kier molecular flexibility index (Phi) is 36.0. The van der Waals surface area contributed by atoms with Crippen molar-refractivity contribution in [2.45, 2.75) is 156 Å². The number of carbonyl (C=O) groups is 3. The molecule has 6 fully saturated rings. The predicted octanol–water partition coefficient (Wildman–Crippen LogP) is -7.38. The third-order valence-corrected chi connectivity index (χ3v) is 18.2. The van der Waals surface area contributed by atoms with Crippen LogP contribution >= 0.6 is 0 Å². The zero-order chi connectivity index (χ0) is 76.6. The summed E-state index contributed by atoms with van der Waals surface area (Å²) in [5, 5.41) is 100. The van der Waals surface area contributed by atoms with Gasteiger partial charge in [0.15, 0.2) is 18.9 Å². The fraction of sp³-hybridized carbons (Fsp3) is 0.862. The number of aliphatic hydroxyl groups is 6. The minimum Gasteiger partial charge on any atom is -0.388 e. The summed E-state index contributed by atoms with van der Waals surface area (Å²) < 4.78 is 126. The Bertz CT molecular complexity index is 2770. The van der Waals surface area contributed by atoms with Crippen LogP contribution in [0.4, 0.5) is 0 Å². The molecule has 6 saturated heterocycles. The maximum absolute atomic E-state index is 11.5. The molecule has 3 amide bonds. The van der Waals surface area contributed by atoms with Crippen LogP contribution in [0.5, 0.6) is 0 Å². The van der Waals surface area contributed by atoms with E-state index in [1.165, 1.54) is 20.8 Å². The van der Waals surface area contributed by atoms with Crippen molar-refractivity contribution in [2.75, 3.05) is 205 Å². The van der Waals surface area contributed by atoms with E-state index in [0.717, 1.165) is 0 Å². The first-order chi connectivity index (χ1) is 52.3. The molecule has 9 rings (SSSR count). The molecular formula is C65H109N13O30. The molecule has 15 atom stereocenters. The number of nitrogens with one attached hydrogen (secondary N) is 4. The molecule has 614 valence electrons. The number of hydrogen-bond donors (Lipinski definition) is 10. The third kappa shape index (κ3) is 26.1. The average molecular weight is 1550 g/mol. The maximum Gasteiger partial charge on any atom is 0.217 e. The van der Waals surface area contributed by atoms with Gasteiger partial charge in [-0.15, -0.1) is 15.3 Å². The standard InChI is InChI=1S/C65H109N13O30/c1-44(79)67-50-53(82)56(85)63(41-103-59(50)106-63)38-97-26-23-94-20-17-91-14-11-88-8-5-76-29-47(70-73-76)32-100-35-62(66-4,36-101-33-48-30-77(74-71-48)6-9-89-12-15-92-18-21-95-24-27-98-39-64-42-104-60(107-64)51(68-45(2)80)54(83)57(64)86)37-102-34-49-31-78(75-72-49)7-10-90-13-16-93-19-22-96-25-28-99-40-65-43-105-61(108-65)52(69-46(3)81)55(84)58(65)87/h29-31,50-61,66,82-87H,5-28,32-43H2,1-4H3,(H,67,79)(H,68,80)(H,69,81)/t50-,51-,52-,53-,54-,55-,56-,57-,58-,59-,60+,61+,63+,64+,65+/m1/s1. The molecule has 108 heavy (non-hydrogen) atoms. The summed E-state index contributed by atoms with van der Waals surface area (Å²) in [6, 6.07) is -2.68. The molecule has 6 bridgehead atoms. The monoisotopic (exact) mass is 1550 g/mol. The van der Waals surface area contributed by atoms with Crippen molar-refractivity contribution in [3.8, 4) is 0 Å². The second-order valence-corrected chi connectivity index (χ2v) is 26.7. The van der Waals surface area contributed by atoms with Crippen molar-refractivity contribution in [2.24, 2.45) is 0 Å². The van der Waals surface area contributed by atoms with Crippen LogP contribution in [0.3, 0.4) is 0 Å². The number of fused-ring (bicyclic) bond motifs is 6. The Morgan fingerprint density at radius 2 is 0.639 bits per heavy atom. The summed E-state index contributed by atoms with van der Waals surface area (Å²) in [6.45, 7) is 12.4. The van der Waals surface area contributed by atoms with E-state index in [4.69, 9.17) is 99.5 Å². The second kappa shape index (κ2) is 44.8. The van der Waals surface area contributed by atoms with Crippen molar-refractivity contribution in [1.82, 2.24) is 66.2 Å². The number of rotatable bonds is 58. The molecule has 9 heterocycles. The fourth-order valence-electron chi connectivity index (χ4n) is 12.3. The quantitative estimate of drug-likeness (QED) is 0.0235. The fourth-order valence-corrected chi connectivity index (χ4v) is 12.3. The summed E-state index contributed by atoms with van der Waals surface area (Å²) >= 11 is 0. The van der Waals surface area contributed by atoms with Gasteiger partial charge in [0.1, 0.15) is 88.6 Å². The van der Waals surface area contributed by atoms with Crippen LogP contribution in [0.15, 0.2) is 18.6 Å². The molecule has 10 N–H and O–H groups in total. The topological polar surface area (TPSA) is 507 Å². The van der Waals surface area contributed by atoms with E-state index >= 15 is 0 Å². The van der Waals surface area contributed by atoms with E-state index in [1.54, 1.807) is 39.7 Å². The lowest BCUT2D eigenvalue weighted by Gasteiger charge is -2.42. The molecule has 0 aromatic carbocycles. The van der Waals surface area contributed by atoms with Crippen molar-refractivity contribution >= 4 is 17.7 Å². The maximum atomic E-state index is 11.5. The number of nitrogens with zero attached hydrogens (tertiary/aromatic N) is 9. The minimum atomic E-state index is -1.33. The van der Waals surface area contributed by atoms with E-state index in [9.17, 15) is 45.0 Å². The molecule has 6 aliphatic heterocycles. The highest BCUT2D eigenvalue weighted by Crippen LogP contribution is 2.40. The molecule has 0 saturated carbocycles. The molecule has 43 heteroatoms. The van der Waals surface area contributed by atoms with Crippen LogP contribution in [-0.4, -0.2) is 395 Å². The first kappa shape index (κ1) is 86.7. The highest BCUT2D eigenvalue weighted by molar-refractivity contribution is 5.74. The molecule has 0 aliphatic carbocycles. The summed E-state index contributed by atoms with van der Waals surface area (Å²) in [5.41, 5.74) is -2.82. The molecular weight excluding hydrogens is 1440 g/mol. The smallest absolute Gasteiger partial charge is 0.217 e. The van der Waals surface area contributed by atoms with Gasteiger partial charge in [0.25, 0.3) is 0 Å². The summed E-state index contributed by atoms with van der Waals surface area (Å²) in [4.78, 5) is 34.6. The molecule has 3 aromatic heterocycles. The number of likely N-dealkylation sites (N-methyl/N-ethyl adjacent to an activating group) is 1. The Hall–Kier alpha value is -5.29. The molecule has 0 radical (unpaired) electrons. The zero-order valence-electron chi connectivity index (χ0n) is 61.6. The first-order valence-corrected chi connectivity index (χ1v) is 36.1. The lowest BCUT2D eigenvalue weighted by atomic mass is 9.88. The summed E-state index contributed by atoms with van der Waals surface area (Å²) in [7, 11) is 1.79. The van der Waals surface area contributed by atoms with Crippen LogP contribution in [0, 0.1) is 0 Å². The van der Waals surface area contributed by atoms with Gasteiger partial charge < -0.3 is 151 Å². The molecule has 0 unspecified atom stereocenters. The highest BCUT2D eigenvalue weighted by Gasteiger charge is 2.62. The van der Waals surface area contributed by atoms with E-state index in [1.807, 2.05) is 0 Å². The van der Waals surface area contributed by atoms with Gasteiger partial charge in [-0.05, 0) is 7.05 Å². The lowest BCUT2D eigenvalue weighted by molar-refractivity contribution is -0.238. The number of aliphatic hydroxyl groups excluding tert-OH is 6. The van der Waals surface area contributed by atoms with Gasteiger partial charge in [0, 0.05) is 20.8 Å². The van der Waals surface area contributed by atoms with Crippen LogP contribution in [-0.2, 0) is 153 Å². The van der Waals surface area contributed by atoms with Gasteiger partial charge >= 0.3 is 0 Å². The molecule has 3 aromatic rings. The van der Waals surface area contributed by atoms with Gasteiger partial charge in [-0.25, -0.2) is 14.0 Å². The molecule has 43 nitrogen and oxygen atoms in total. The van der Waals surface area contributed by atoms with Crippen molar-refractivity contribution in [1.29, 1.82) is 0 Å². The third-order valence-electron chi connectivity index (χ3n) is 18.2.